The number of aryl methyl sites for hydroxylation is 2. The van der Waals surface area contributed by atoms with Gasteiger partial charge in [-0.25, -0.2) is 0 Å². The van der Waals surface area contributed by atoms with E-state index in [0.717, 1.165) is 34.1 Å². The predicted octanol–water partition coefficient (Wildman–Crippen LogP) is 4.54. The minimum absolute atomic E-state index is 0.0174. The zero-order valence-corrected chi connectivity index (χ0v) is 21.3. The van der Waals surface area contributed by atoms with E-state index < -0.39 is 23.7 Å². The third-order valence-electron chi connectivity index (χ3n) is 6.04. The standard InChI is InChI=1S/C27H29N3O4S/c1-15(2)18-9-11-19(12-10-18)22-20(13-28)26(30-25(32)23(22)27(33)34-5)35-14-21(31)29-24-16(3)7-6-8-17(24)4/h6-12,15,22-23H,14H2,1-5H3,(H,29,31)(H,30,32)/t22-,23-/m1/s1. The minimum Gasteiger partial charge on any atom is -0.468 e. The SMILES string of the molecule is COC(=O)[C@H]1C(=O)NC(SCC(=O)Nc2c(C)cccc2C)=C(C#N)[C@H]1c1ccc(C(C)C)cc1. The van der Waals surface area contributed by atoms with Gasteiger partial charge < -0.3 is 15.4 Å². The van der Waals surface area contributed by atoms with Crippen LogP contribution in [0.4, 0.5) is 5.69 Å². The Bertz CT molecular complexity index is 1190. The number of anilines is 1. The van der Waals surface area contributed by atoms with Crippen molar-refractivity contribution in [3.63, 3.8) is 0 Å². The number of allylic oxidation sites excluding steroid dienone is 1. The van der Waals surface area contributed by atoms with Crippen molar-refractivity contribution >= 4 is 35.2 Å². The second kappa shape index (κ2) is 11.2. The van der Waals surface area contributed by atoms with Crippen LogP contribution in [0.5, 0.6) is 0 Å². The van der Waals surface area contributed by atoms with Crippen LogP contribution in [0.15, 0.2) is 53.1 Å². The molecule has 0 saturated carbocycles. The maximum absolute atomic E-state index is 13.0. The summed E-state index contributed by atoms with van der Waals surface area (Å²) >= 11 is 1.06. The van der Waals surface area contributed by atoms with Gasteiger partial charge in [0.1, 0.15) is 5.92 Å². The lowest BCUT2D eigenvalue weighted by Gasteiger charge is -2.31. The third-order valence-corrected chi connectivity index (χ3v) is 7.06. The molecule has 2 amide bonds. The summed E-state index contributed by atoms with van der Waals surface area (Å²) in [5.74, 6) is -3.27. The highest BCUT2D eigenvalue weighted by Crippen LogP contribution is 2.40. The zero-order valence-electron chi connectivity index (χ0n) is 20.5. The monoisotopic (exact) mass is 491 g/mol. The van der Waals surface area contributed by atoms with Gasteiger partial charge in [0.15, 0.2) is 0 Å². The second-order valence-electron chi connectivity index (χ2n) is 8.75. The summed E-state index contributed by atoms with van der Waals surface area (Å²) in [5, 5.41) is 15.9. The molecule has 0 unspecified atom stereocenters. The Morgan fingerprint density at radius 3 is 2.31 bits per heavy atom. The number of nitrogens with zero attached hydrogens (tertiary/aromatic N) is 1. The fourth-order valence-corrected chi connectivity index (χ4v) is 4.94. The van der Waals surface area contributed by atoms with Crippen LogP contribution in [0.3, 0.4) is 0 Å². The van der Waals surface area contributed by atoms with Crippen LogP contribution in [-0.4, -0.2) is 30.6 Å². The van der Waals surface area contributed by atoms with Crippen molar-refractivity contribution in [2.75, 3.05) is 18.2 Å². The van der Waals surface area contributed by atoms with Crippen LogP contribution in [0.25, 0.3) is 0 Å². The number of para-hydroxylation sites is 1. The van der Waals surface area contributed by atoms with Crippen molar-refractivity contribution in [1.82, 2.24) is 5.32 Å². The Morgan fingerprint density at radius 2 is 1.77 bits per heavy atom. The number of thioether (sulfide) groups is 1. The summed E-state index contributed by atoms with van der Waals surface area (Å²) in [6.07, 6.45) is 0. The van der Waals surface area contributed by atoms with Crippen LogP contribution in [0.1, 0.15) is 47.9 Å². The number of benzene rings is 2. The molecule has 1 aliphatic heterocycles. The van der Waals surface area contributed by atoms with E-state index >= 15 is 0 Å². The van der Waals surface area contributed by atoms with E-state index in [9.17, 15) is 19.6 Å². The number of hydrogen-bond donors (Lipinski definition) is 2. The number of nitriles is 1. The van der Waals surface area contributed by atoms with Crippen LogP contribution in [0, 0.1) is 31.1 Å². The number of amides is 2. The highest BCUT2D eigenvalue weighted by molar-refractivity contribution is 8.03. The molecule has 0 saturated heterocycles. The normalized spacial score (nSPS) is 17.6. The second-order valence-corrected chi connectivity index (χ2v) is 9.73. The molecule has 1 aliphatic rings. The molecule has 0 aromatic heterocycles. The number of carbonyl (C=O) groups is 3. The molecule has 7 nitrogen and oxygen atoms in total. The summed E-state index contributed by atoms with van der Waals surface area (Å²) in [5.41, 5.74) is 4.61. The Balaban J connectivity index is 1.92. The van der Waals surface area contributed by atoms with Crippen LogP contribution in [-0.2, 0) is 19.1 Å². The van der Waals surface area contributed by atoms with Crippen LogP contribution >= 0.6 is 11.8 Å². The number of esters is 1. The first-order valence-electron chi connectivity index (χ1n) is 11.3. The molecule has 2 aromatic rings. The molecule has 1 heterocycles. The number of nitrogens with one attached hydrogen (secondary N) is 2. The van der Waals surface area contributed by atoms with Gasteiger partial charge in [0, 0.05) is 11.6 Å². The predicted molar refractivity (Wildman–Crippen MR) is 137 cm³/mol. The summed E-state index contributed by atoms with van der Waals surface area (Å²) in [7, 11) is 1.21. The molecule has 2 N–H and O–H groups in total. The topological polar surface area (TPSA) is 108 Å². The molecule has 0 fully saturated rings. The quantitative estimate of drug-likeness (QED) is 0.435. The first-order valence-corrected chi connectivity index (χ1v) is 12.3. The lowest BCUT2D eigenvalue weighted by molar-refractivity contribution is -0.150. The highest BCUT2D eigenvalue weighted by atomic mass is 32.2. The molecule has 8 heteroatoms. The Labute approximate surface area is 209 Å². The maximum Gasteiger partial charge on any atom is 0.319 e. The van der Waals surface area contributed by atoms with E-state index in [4.69, 9.17) is 4.74 Å². The first kappa shape index (κ1) is 26.0. The van der Waals surface area contributed by atoms with Crippen molar-refractivity contribution in [3.05, 3.63) is 75.3 Å². The van der Waals surface area contributed by atoms with Crippen molar-refractivity contribution in [3.8, 4) is 6.07 Å². The average Bonchev–Trinajstić information content (AvgIpc) is 2.84. The maximum atomic E-state index is 13.0. The molecule has 0 radical (unpaired) electrons. The fourth-order valence-electron chi connectivity index (χ4n) is 4.09. The van der Waals surface area contributed by atoms with Crippen LogP contribution < -0.4 is 10.6 Å². The van der Waals surface area contributed by atoms with Gasteiger partial charge in [-0.1, -0.05) is 68.1 Å². The van der Waals surface area contributed by atoms with E-state index in [1.54, 1.807) is 0 Å². The van der Waals surface area contributed by atoms with E-state index in [2.05, 4.69) is 30.6 Å². The van der Waals surface area contributed by atoms with Gasteiger partial charge in [0.25, 0.3) is 0 Å². The van der Waals surface area contributed by atoms with Crippen molar-refractivity contribution in [1.29, 1.82) is 5.26 Å². The largest absolute Gasteiger partial charge is 0.468 e. The van der Waals surface area contributed by atoms with Gasteiger partial charge in [-0.05, 0) is 42.0 Å². The molecular formula is C27H29N3O4S. The molecule has 2 atom stereocenters. The van der Waals surface area contributed by atoms with E-state index in [-0.39, 0.29) is 22.3 Å². The number of hydrogen-bond acceptors (Lipinski definition) is 6. The lowest BCUT2D eigenvalue weighted by Crippen LogP contribution is -2.44. The van der Waals surface area contributed by atoms with Gasteiger partial charge >= 0.3 is 5.97 Å². The number of ether oxygens (including phenoxy) is 1. The first-order chi connectivity index (χ1) is 16.7. The van der Waals surface area contributed by atoms with E-state index in [0.29, 0.717) is 11.5 Å². The molecular weight excluding hydrogens is 462 g/mol. The Morgan fingerprint density at radius 1 is 1.14 bits per heavy atom. The van der Waals surface area contributed by atoms with Crippen molar-refractivity contribution < 1.29 is 19.1 Å². The highest BCUT2D eigenvalue weighted by Gasteiger charge is 2.44. The number of rotatable bonds is 7. The molecule has 2 aromatic carbocycles. The van der Waals surface area contributed by atoms with E-state index in [1.165, 1.54) is 7.11 Å². The summed E-state index contributed by atoms with van der Waals surface area (Å²) in [6, 6.07) is 15.4. The average molecular weight is 492 g/mol. The Kier molecular flexibility index (Phi) is 8.36. The molecule has 182 valence electrons. The summed E-state index contributed by atoms with van der Waals surface area (Å²) in [6.45, 7) is 7.96. The minimum atomic E-state index is -1.20. The van der Waals surface area contributed by atoms with Gasteiger partial charge in [-0.3, -0.25) is 14.4 Å². The number of methoxy groups -OCH3 is 1. The van der Waals surface area contributed by atoms with E-state index in [1.807, 2.05) is 56.3 Å². The number of carbonyl (C=O) groups excluding carboxylic acids is 3. The van der Waals surface area contributed by atoms with Gasteiger partial charge in [-0.15, -0.1) is 0 Å². The summed E-state index contributed by atoms with van der Waals surface area (Å²) in [4.78, 5) is 38.2. The fraction of sp³-hybridized carbons (Fsp3) is 0.333. The lowest BCUT2D eigenvalue weighted by atomic mass is 9.78. The van der Waals surface area contributed by atoms with Crippen molar-refractivity contribution in [2.45, 2.75) is 39.5 Å². The molecule has 0 spiro atoms. The molecule has 0 bridgehead atoms. The zero-order chi connectivity index (χ0) is 25.7. The molecule has 0 aliphatic carbocycles. The summed E-state index contributed by atoms with van der Waals surface area (Å²) < 4.78 is 4.89. The van der Waals surface area contributed by atoms with Crippen LogP contribution in [0.2, 0.25) is 0 Å². The van der Waals surface area contributed by atoms with Crippen molar-refractivity contribution in [2.24, 2.45) is 5.92 Å². The molecule has 3 rings (SSSR count). The van der Waals surface area contributed by atoms with Gasteiger partial charge in [-0.2, -0.15) is 5.26 Å². The van der Waals surface area contributed by atoms with Gasteiger partial charge in [0.2, 0.25) is 11.8 Å². The Hall–Kier alpha value is -3.57. The smallest absolute Gasteiger partial charge is 0.319 e. The van der Waals surface area contributed by atoms with Gasteiger partial charge in [0.05, 0.1) is 29.5 Å². The molecule has 35 heavy (non-hydrogen) atoms. The third kappa shape index (κ3) is 5.75.